The maximum atomic E-state index is 10.7. The Morgan fingerprint density at radius 1 is 0.431 bits per heavy atom. The number of quaternary nitrogens is 3. The molecule has 0 saturated carbocycles. The zero-order valence-corrected chi connectivity index (χ0v) is 39.1. The molecule has 0 saturated heterocycles. The normalized spacial score (nSPS) is 11.9. The first-order chi connectivity index (χ1) is 27.1. The SMILES string of the molecule is CCC(CC)c1ccc(S(=O)(=O)[O-])cc1.CCC(CC)c1ccc(S(=O)(=O)[O-])cc1.CCC(CC)c1ccc(S(=O)(=O)[O-])cc1.C[NH+](C)CCC[NH2+]CCC[NH+](C)C. The Morgan fingerprint density at radius 3 is 0.793 bits per heavy atom. The second-order valence-electron chi connectivity index (χ2n) is 15.1. The van der Waals surface area contributed by atoms with Gasteiger partial charge in [-0.25, -0.2) is 25.3 Å². The van der Waals surface area contributed by atoms with E-state index < -0.39 is 30.4 Å². The van der Waals surface area contributed by atoms with E-state index >= 15 is 0 Å². The van der Waals surface area contributed by atoms with Gasteiger partial charge in [0.15, 0.2) is 0 Å². The quantitative estimate of drug-likeness (QED) is 0.111. The summed E-state index contributed by atoms with van der Waals surface area (Å²) in [5, 5.41) is 2.45. The van der Waals surface area contributed by atoms with Gasteiger partial charge in [-0.15, -0.1) is 0 Å². The Kier molecular flexibility index (Phi) is 27.3. The number of nitrogens with two attached hydrogens (primary N) is 1. The highest BCUT2D eigenvalue weighted by atomic mass is 32.2. The van der Waals surface area contributed by atoms with Crippen molar-refractivity contribution in [1.82, 2.24) is 0 Å². The molecular formula is C43H73N3O9S3. The molecular weight excluding hydrogens is 799 g/mol. The van der Waals surface area contributed by atoms with Crippen molar-refractivity contribution >= 4 is 30.4 Å². The van der Waals surface area contributed by atoms with Crippen molar-refractivity contribution < 1.29 is 54.0 Å². The molecule has 0 unspecified atom stereocenters. The lowest BCUT2D eigenvalue weighted by atomic mass is 9.94. The summed E-state index contributed by atoms with van der Waals surface area (Å²) in [7, 11) is -4.06. The minimum atomic E-state index is -4.31. The summed E-state index contributed by atoms with van der Waals surface area (Å²) >= 11 is 0. The van der Waals surface area contributed by atoms with Crippen LogP contribution in [0.25, 0.3) is 0 Å². The van der Waals surface area contributed by atoms with Gasteiger partial charge in [-0.2, -0.15) is 0 Å². The fourth-order valence-electron chi connectivity index (χ4n) is 6.34. The highest BCUT2D eigenvalue weighted by Crippen LogP contribution is 2.26. The van der Waals surface area contributed by atoms with E-state index in [-0.39, 0.29) is 14.7 Å². The molecule has 0 atom stereocenters. The maximum Gasteiger partial charge on any atom is 0.124 e. The van der Waals surface area contributed by atoms with E-state index in [4.69, 9.17) is 0 Å². The molecule has 0 heterocycles. The second kappa shape index (κ2) is 28.7. The van der Waals surface area contributed by atoms with Crippen molar-refractivity contribution in [1.29, 1.82) is 0 Å². The molecule has 0 spiro atoms. The predicted molar refractivity (Wildman–Crippen MR) is 229 cm³/mol. The van der Waals surface area contributed by atoms with E-state index in [1.165, 1.54) is 75.4 Å². The molecule has 332 valence electrons. The first-order valence-corrected chi connectivity index (χ1v) is 24.9. The molecule has 0 amide bonds. The van der Waals surface area contributed by atoms with E-state index in [1.54, 1.807) is 46.2 Å². The Morgan fingerprint density at radius 2 is 0.638 bits per heavy atom. The van der Waals surface area contributed by atoms with E-state index in [1.807, 2.05) is 0 Å². The minimum Gasteiger partial charge on any atom is -0.744 e. The van der Waals surface area contributed by atoms with Crippen LogP contribution in [0.3, 0.4) is 0 Å². The molecule has 3 aromatic rings. The highest BCUT2D eigenvalue weighted by Gasteiger charge is 2.10. The van der Waals surface area contributed by atoms with Crippen LogP contribution in [-0.2, 0) is 30.4 Å². The molecule has 58 heavy (non-hydrogen) atoms. The number of hydrogen-bond donors (Lipinski definition) is 3. The largest absolute Gasteiger partial charge is 0.744 e. The molecule has 0 aliphatic carbocycles. The van der Waals surface area contributed by atoms with Gasteiger partial charge in [-0.05, 0) is 109 Å². The van der Waals surface area contributed by atoms with Gasteiger partial charge in [-0.3, -0.25) is 0 Å². The van der Waals surface area contributed by atoms with Gasteiger partial charge in [0, 0.05) is 12.8 Å². The van der Waals surface area contributed by atoms with E-state index in [9.17, 15) is 38.9 Å². The van der Waals surface area contributed by atoms with Crippen LogP contribution in [0, 0.1) is 0 Å². The van der Waals surface area contributed by atoms with Gasteiger partial charge in [0.2, 0.25) is 0 Å². The van der Waals surface area contributed by atoms with Gasteiger partial charge in [0.1, 0.15) is 30.4 Å². The zero-order chi connectivity index (χ0) is 44.5. The maximum absolute atomic E-state index is 10.7. The van der Waals surface area contributed by atoms with Gasteiger partial charge < -0.3 is 28.8 Å². The van der Waals surface area contributed by atoms with Crippen molar-refractivity contribution in [3.63, 3.8) is 0 Å². The smallest absolute Gasteiger partial charge is 0.124 e. The summed E-state index contributed by atoms with van der Waals surface area (Å²) in [6.07, 6.45) is 8.77. The zero-order valence-electron chi connectivity index (χ0n) is 36.6. The minimum absolute atomic E-state index is 0.155. The molecule has 3 aromatic carbocycles. The number of hydrogen-bond acceptors (Lipinski definition) is 9. The average molecular weight is 872 g/mol. The monoisotopic (exact) mass is 871 g/mol. The summed E-state index contributed by atoms with van der Waals surface area (Å²) in [5.41, 5.74) is 3.27. The van der Waals surface area contributed by atoms with Crippen LogP contribution in [0.5, 0.6) is 0 Å². The van der Waals surface area contributed by atoms with Crippen LogP contribution >= 0.6 is 0 Å². The highest BCUT2D eigenvalue weighted by molar-refractivity contribution is 7.86. The number of nitrogens with one attached hydrogen (secondary N) is 2. The van der Waals surface area contributed by atoms with Crippen molar-refractivity contribution in [3.8, 4) is 0 Å². The lowest BCUT2D eigenvalue weighted by Gasteiger charge is -2.14. The molecule has 0 aromatic heterocycles. The van der Waals surface area contributed by atoms with Crippen LogP contribution in [-0.4, -0.2) is 93.3 Å². The number of benzene rings is 3. The third kappa shape index (κ3) is 23.2. The Labute approximate surface area is 352 Å². The molecule has 0 bridgehead atoms. The molecule has 0 aliphatic rings. The van der Waals surface area contributed by atoms with Crippen LogP contribution in [0.2, 0.25) is 0 Å². The molecule has 3 rings (SSSR count). The van der Waals surface area contributed by atoms with Crippen molar-refractivity contribution in [2.24, 2.45) is 0 Å². The van der Waals surface area contributed by atoms with Crippen molar-refractivity contribution in [2.45, 2.75) is 125 Å². The Hall–Kier alpha value is -2.73. The lowest BCUT2D eigenvalue weighted by molar-refractivity contribution is -0.862. The third-order valence-electron chi connectivity index (χ3n) is 10.0. The summed E-state index contributed by atoms with van der Waals surface area (Å²) < 4.78 is 96.3. The van der Waals surface area contributed by atoms with Gasteiger partial charge in [0.05, 0.1) is 69.1 Å². The van der Waals surface area contributed by atoms with Crippen LogP contribution in [0.4, 0.5) is 0 Å². The predicted octanol–water partition coefficient (Wildman–Crippen LogP) is 4.10. The third-order valence-corrected chi connectivity index (χ3v) is 12.6. The van der Waals surface area contributed by atoms with Crippen LogP contribution in [0.15, 0.2) is 87.5 Å². The van der Waals surface area contributed by atoms with E-state index in [2.05, 4.69) is 75.0 Å². The van der Waals surface area contributed by atoms with Crippen molar-refractivity contribution in [2.75, 3.05) is 54.4 Å². The van der Waals surface area contributed by atoms with Crippen molar-refractivity contribution in [3.05, 3.63) is 89.5 Å². The molecule has 4 N–H and O–H groups in total. The Balaban J connectivity index is 0.000000749. The second-order valence-corrected chi connectivity index (χ2v) is 19.2. The van der Waals surface area contributed by atoms with Crippen LogP contribution < -0.4 is 15.1 Å². The standard InChI is InChI=1S/3C11H16O3S.C10H25N3/c3*1-3-9(4-2)10-5-7-11(8-6-10)15(12,13)14;1-12(2)9-5-7-11-8-6-10-13(3)4/h3*5-9H,3-4H2,1-2H3,(H,12,13,14);11H,5-10H2,1-4H3. The average Bonchev–Trinajstić information content (AvgIpc) is 3.16. The first kappa shape index (κ1) is 55.3. The molecule has 0 fully saturated rings. The molecule has 0 aliphatic heterocycles. The fraction of sp³-hybridized carbons (Fsp3) is 0.581. The molecule has 15 heteroatoms. The van der Waals surface area contributed by atoms with E-state index in [0.717, 1.165) is 55.2 Å². The van der Waals surface area contributed by atoms with E-state index in [0.29, 0.717) is 17.8 Å². The van der Waals surface area contributed by atoms with Gasteiger partial charge in [-0.1, -0.05) is 77.9 Å². The molecule has 12 nitrogen and oxygen atoms in total. The summed E-state index contributed by atoms with van der Waals surface area (Å²) in [6.45, 7) is 17.7. The van der Waals surface area contributed by atoms with Crippen LogP contribution in [0.1, 0.15) is 127 Å². The lowest BCUT2D eigenvalue weighted by Crippen LogP contribution is -3.06. The Bertz CT molecular complexity index is 1630. The van der Waals surface area contributed by atoms with Gasteiger partial charge in [0.25, 0.3) is 0 Å². The fourth-order valence-corrected chi connectivity index (χ4v) is 7.75. The first-order valence-electron chi connectivity index (χ1n) is 20.7. The summed E-state index contributed by atoms with van der Waals surface area (Å²) in [4.78, 5) is 2.66. The summed E-state index contributed by atoms with van der Waals surface area (Å²) in [5.74, 6) is 1.32. The molecule has 0 radical (unpaired) electrons. The summed E-state index contributed by atoms with van der Waals surface area (Å²) in [6, 6.07) is 18.7. The topological polar surface area (TPSA) is 197 Å². The van der Waals surface area contributed by atoms with Gasteiger partial charge >= 0.3 is 0 Å². The number of rotatable bonds is 20.